The number of aryl methyl sites for hydroxylation is 1. The van der Waals surface area contributed by atoms with E-state index in [4.69, 9.17) is 5.10 Å². The van der Waals surface area contributed by atoms with E-state index in [1.807, 2.05) is 64.7 Å². The predicted molar refractivity (Wildman–Crippen MR) is 110 cm³/mol. The third kappa shape index (κ3) is 3.52. The summed E-state index contributed by atoms with van der Waals surface area (Å²) in [4.78, 5) is 14.8. The van der Waals surface area contributed by atoms with Gasteiger partial charge < -0.3 is 4.90 Å². The normalized spacial score (nSPS) is 17.3. The van der Waals surface area contributed by atoms with Gasteiger partial charge in [0.25, 0.3) is 0 Å². The van der Waals surface area contributed by atoms with Crippen molar-refractivity contribution in [3.05, 3.63) is 83.2 Å². The summed E-state index contributed by atoms with van der Waals surface area (Å²) in [5.74, 6) is 1.07. The SMILES string of the molecule is Cc1nn(-c2ccccc2)c(C)c1C1SCCC(=O)N1Cc1ccccc1. The molecule has 138 valence electrons. The number of benzene rings is 2. The standard InChI is InChI=1S/C22H23N3OS/c1-16-21(17(2)25(23-16)19-11-7-4-8-12-19)22-24(20(26)13-14-27-22)15-18-9-5-3-6-10-18/h3-12,22H,13-15H2,1-2H3. The summed E-state index contributed by atoms with van der Waals surface area (Å²) in [7, 11) is 0. The number of para-hydroxylation sites is 1. The van der Waals surface area contributed by atoms with Gasteiger partial charge in [-0.25, -0.2) is 4.68 Å². The van der Waals surface area contributed by atoms with Crippen LogP contribution in [0.25, 0.3) is 5.69 Å². The van der Waals surface area contributed by atoms with Crippen molar-refractivity contribution in [1.29, 1.82) is 0 Å². The van der Waals surface area contributed by atoms with Crippen molar-refractivity contribution in [2.75, 3.05) is 5.75 Å². The molecule has 0 spiro atoms. The Morgan fingerprint density at radius 3 is 2.41 bits per heavy atom. The van der Waals surface area contributed by atoms with Crippen molar-refractivity contribution in [2.45, 2.75) is 32.2 Å². The van der Waals surface area contributed by atoms with Gasteiger partial charge in [-0.3, -0.25) is 4.79 Å². The van der Waals surface area contributed by atoms with Crippen molar-refractivity contribution in [1.82, 2.24) is 14.7 Å². The minimum absolute atomic E-state index is 0.00363. The predicted octanol–water partition coefficient (Wildman–Crippen LogP) is 4.65. The molecule has 3 aromatic rings. The van der Waals surface area contributed by atoms with Crippen LogP contribution in [-0.2, 0) is 11.3 Å². The molecule has 1 amide bonds. The number of hydrogen-bond acceptors (Lipinski definition) is 3. The molecule has 4 nitrogen and oxygen atoms in total. The molecular weight excluding hydrogens is 354 g/mol. The Bertz CT molecular complexity index is 937. The van der Waals surface area contributed by atoms with Gasteiger partial charge in [-0.2, -0.15) is 5.10 Å². The van der Waals surface area contributed by atoms with Crippen LogP contribution in [0.4, 0.5) is 0 Å². The minimum Gasteiger partial charge on any atom is -0.322 e. The zero-order valence-corrected chi connectivity index (χ0v) is 16.4. The lowest BCUT2D eigenvalue weighted by molar-refractivity contribution is -0.132. The Morgan fingerprint density at radius 2 is 1.70 bits per heavy atom. The van der Waals surface area contributed by atoms with Gasteiger partial charge in [0.1, 0.15) is 5.37 Å². The van der Waals surface area contributed by atoms with Gasteiger partial charge in [-0.15, -0.1) is 11.8 Å². The number of thioether (sulfide) groups is 1. The van der Waals surface area contributed by atoms with E-state index in [2.05, 4.69) is 31.2 Å². The molecule has 1 saturated heterocycles. The lowest BCUT2D eigenvalue weighted by Crippen LogP contribution is -2.37. The average molecular weight is 378 g/mol. The number of carbonyl (C=O) groups is 1. The first-order chi connectivity index (χ1) is 13.1. The second-order valence-electron chi connectivity index (χ2n) is 6.81. The van der Waals surface area contributed by atoms with E-state index >= 15 is 0 Å². The lowest BCUT2D eigenvalue weighted by Gasteiger charge is -2.35. The number of carbonyl (C=O) groups excluding carboxylic acids is 1. The first-order valence-corrected chi connectivity index (χ1v) is 10.3. The highest BCUT2D eigenvalue weighted by Crippen LogP contribution is 2.41. The second-order valence-corrected chi connectivity index (χ2v) is 8.00. The van der Waals surface area contributed by atoms with E-state index in [1.54, 1.807) is 0 Å². The number of hydrogen-bond donors (Lipinski definition) is 0. The third-order valence-corrected chi connectivity index (χ3v) is 6.23. The molecule has 0 radical (unpaired) electrons. The number of aromatic nitrogens is 2. The van der Waals surface area contributed by atoms with E-state index in [-0.39, 0.29) is 11.3 Å². The van der Waals surface area contributed by atoms with Crippen LogP contribution in [0.3, 0.4) is 0 Å². The summed E-state index contributed by atoms with van der Waals surface area (Å²) in [5, 5.41) is 4.79. The molecule has 1 aliphatic heterocycles. The molecule has 4 rings (SSSR count). The first-order valence-electron chi connectivity index (χ1n) is 9.21. The fraction of sp³-hybridized carbons (Fsp3) is 0.273. The quantitative estimate of drug-likeness (QED) is 0.664. The number of amides is 1. The average Bonchev–Trinajstić information content (AvgIpc) is 2.99. The monoisotopic (exact) mass is 377 g/mol. The van der Waals surface area contributed by atoms with E-state index in [0.717, 1.165) is 34.0 Å². The van der Waals surface area contributed by atoms with E-state index in [1.165, 1.54) is 0 Å². The maximum atomic E-state index is 12.8. The summed E-state index contributed by atoms with van der Waals surface area (Å²) >= 11 is 1.84. The Kier molecular flexibility index (Phi) is 5.03. The molecule has 0 aliphatic carbocycles. The zero-order chi connectivity index (χ0) is 18.8. The van der Waals surface area contributed by atoms with Gasteiger partial charge in [0, 0.05) is 30.0 Å². The molecule has 27 heavy (non-hydrogen) atoms. The maximum Gasteiger partial charge on any atom is 0.224 e. The summed E-state index contributed by atoms with van der Waals surface area (Å²) in [6.07, 6.45) is 0.596. The van der Waals surface area contributed by atoms with Crippen LogP contribution in [-0.4, -0.2) is 26.3 Å². The van der Waals surface area contributed by atoms with Gasteiger partial charge in [0.15, 0.2) is 0 Å². The fourth-order valence-electron chi connectivity index (χ4n) is 3.65. The van der Waals surface area contributed by atoms with Crippen LogP contribution in [0.15, 0.2) is 60.7 Å². The summed E-state index contributed by atoms with van der Waals surface area (Å²) in [6, 6.07) is 20.4. The molecule has 0 bridgehead atoms. The van der Waals surface area contributed by atoms with Gasteiger partial charge >= 0.3 is 0 Å². The zero-order valence-electron chi connectivity index (χ0n) is 15.6. The van der Waals surface area contributed by atoms with Crippen molar-refractivity contribution in [2.24, 2.45) is 0 Å². The van der Waals surface area contributed by atoms with Crippen LogP contribution in [0.1, 0.15) is 34.3 Å². The van der Waals surface area contributed by atoms with Crippen molar-refractivity contribution >= 4 is 17.7 Å². The summed E-state index contributed by atoms with van der Waals surface area (Å²) in [6.45, 7) is 4.78. The largest absolute Gasteiger partial charge is 0.322 e. The molecule has 0 saturated carbocycles. The highest BCUT2D eigenvalue weighted by molar-refractivity contribution is 7.99. The van der Waals surface area contributed by atoms with Gasteiger partial charge in [-0.05, 0) is 31.5 Å². The Morgan fingerprint density at radius 1 is 1.04 bits per heavy atom. The number of nitrogens with zero attached hydrogens (tertiary/aromatic N) is 3. The molecule has 1 aliphatic rings. The Labute approximate surface area is 164 Å². The summed E-state index contributed by atoms with van der Waals surface area (Å²) in [5.41, 5.74) is 5.45. The first kappa shape index (κ1) is 17.9. The molecule has 1 fully saturated rings. The summed E-state index contributed by atoms with van der Waals surface area (Å²) < 4.78 is 1.99. The van der Waals surface area contributed by atoms with Crippen LogP contribution in [0.5, 0.6) is 0 Å². The Balaban J connectivity index is 1.72. The lowest BCUT2D eigenvalue weighted by atomic mass is 10.1. The van der Waals surface area contributed by atoms with Crippen molar-refractivity contribution in [3.63, 3.8) is 0 Å². The second kappa shape index (κ2) is 7.61. The van der Waals surface area contributed by atoms with E-state index in [9.17, 15) is 4.79 Å². The Hall–Kier alpha value is -2.53. The van der Waals surface area contributed by atoms with E-state index < -0.39 is 0 Å². The highest BCUT2D eigenvalue weighted by Gasteiger charge is 2.33. The van der Waals surface area contributed by atoms with Crippen LogP contribution in [0, 0.1) is 13.8 Å². The number of rotatable bonds is 4. The topological polar surface area (TPSA) is 38.1 Å². The van der Waals surface area contributed by atoms with Gasteiger partial charge in [0.2, 0.25) is 5.91 Å². The molecule has 1 unspecified atom stereocenters. The van der Waals surface area contributed by atoms with Crippen LogP contribution in [0.2, 0.25) is 0 Å². The van der Waals surface area contributed by atoms with Crippen LogP contribution < -0.4 is 0 Å². The van der Waals surface area contributed by atoms with E-state index in [0.29, 0.717) is 13.0 Å². The maximum absolute atomic E-state index is 12.8. The third-order valence-electron chi connectivity index (χ3n) is 4.99. The highest BCUT2D eigenvalue weighted by atomic mass is 32.2. The van der Waals surface area contributed by atoms with Crippen molar-refractivity contribution < 1.29 is 4.79 Å². The molecule has 5 heteroatoms. The van der Waals surface area contributed by atoms with Gasteiger partial charge in [0.05, 0.1) is 11.4 Å². The fourth-order valence-corrected chi connectivity index (χ4v) is 5.04. The minimum atomic E-state index is 0.00363. The molecular formula is C22H23N3OS. The van der Waals surface area contributed by atoms with Crippen molar-refractivity contribution in [3.8, 4) is 5.69 Å². The molecule has 2 heterocycles. The van der Waals surface area contributed by atoms with Crippen LogP contribution >= 0.6 is 11.8 Å². The van der Waals surface area contributed by atoms with Gasteiger partial charge in [-0.1, -0.05) is 48.5 Å². The smallest absolute Gasteiger partial charge is 0.224 e. The molecule has 1 atom stereocenters. The molecule has 1 aromatic heterocycles. The molecule has 0 N–H and O–H groups in total. The molecule has 2 aromatic carbocycles.